The van der Waals surface area contributed by atoms with Gasteiger partial charge in [-0.15, -0.1) is 0 Å². The van der Waals surface area contributed by atoms with Crippen molar-refractivity contribution in [2.24, 2.45) is 0 Å². The number of carbonyl (C=O) groups is 5. The zero-order chi connectivity index (χ0) is 28.8. The molecule has 0 spiro atoms. The Labute approximate surface area is 224 Å². The van der Waals surface area contributed by atoms with Crippen LogP contribution in [0.1, 0.15) is 31.9 Å². The lowest BCUT2D eigenvalue weighted by Gasteiger charge is -2.16. The summed E-state index contributed by atoms with van der Waals surface area (Å²) in [5.41, 5.74) is 1.22. The average Bonchev–Trinajstić information content (AvgIpc) is 2.88. The SMILES string of the molecule is COc1cc(/C=C/C(=O)OCC(COC(=O)/C=C/c2ccc(OC(C)=O)cc2)OC(C)=O)ccc1OC(C)=O. The molecule has 0 saturated heterocycles. The Morgan fingerprint density at radius 2 is 1.23 bits per heavy atom. The van der Waals surface area contributed by atoms with Gasteiger partial charge in [0.25, 0.3) is 0 Å². The molecule has 11 heteroatoms. The van der Waals surface area contributed by atoms with E-state index in [4.69, 9.17) is 28.4 Å². The first-order valence-corrected chi connectivity index (χ1v) is 11.6. The number of carbonyl (C=O) groups excluding carboxylic acids is 5. The van der Waals surface area contributed by atoms with Gasteiger partial charge in [0, 0.05) is 32.9 Å². The van der Waals surface area contributed by atoms with Crippen LogP contribution < -0.4 is 14.2 Å². The number of rotatable bonds is 12. The lowest BCUT2D eigenvalue weighted by molar-refractivity contribution is -0.162. The molecule has 0 saturated carbocycles. The van der Waals surface area contributed by atoms with E-state index in [1.165, 1.54) is 52.2 Å². The third kappa shape index (κ3) is 11.8. The Hall–Kier alpha value is -4.93. The molecule has 0 aliphatic rings. The van der Waals surface area contributed by atoms with E-state index in [2.05, 4.69) is 0 Å². The summed E-state index contributed by atoms with van der Waals surface area (Å²) in [5, 5.41) is 0. The summed E-state index contributed by atoms with van der Waals surface area (Å²) < 4.78 is 30.4. The third-order valence-corrected chi connectivity index (χ3v) is 4.56. The summed E-state index contributed by atoms with van der Waals surface area (Å²) in [5.74, 6) is -2.15. The molecule has 2 rings (SSSR count). The van der Waals surface area contributed by atoms with Crippen molar-refractivity contribution in [1.82, 2.24) is 0 Å². The van der Waals surface area contributed by atoms with Gasteiger partial charge in [-0.25, -0.2) is 9.59 Å². The minimum atomic E-state index is -1.02. The molecule has 0 N–H and O–H groups in total. The number of methoxy groups -OCH3 is 1. The fourth-order valence-corrected chi connectivity index (χ4v) is 2.97. The molecule has 0 heterocycles. The van der Waals surface area contributed by atoms with Crippen molar-refractivity contribution >= 4 is 42.0 Å². The van der Waals surface area contributed by atoms with Gasteiger partial charge >= 0.3 is 29.8 Å². The molecule has 0 amide bonds. The lowest BCUT2D eigenvalue weighted by atomic mass is 10.2. The lowest BCUT2D eigenvalue weighted by Crippen LogP contribution is -2.29. The van der Waals surface area contributed by atoms with Crippen LogP contribution in [0.25, 0.3) is 12.2 Å². The molecule has 0 radical (unpaired) electrons. The van der Waals surface area contributed by atoms with Crippen molar-refractivity contribution in [3.8, 4) is 17.2 Å². The standard InChI is InChI=1S/C28H28O11/c1-18(29)37-23-10-5-21(6-11-23)8-13-27(32)35-16-24(38-19(2)30)17-36-28(33)14-9-22-7-12-25(39-20(3)31)26(15-22)34-4/h5-15,24H,16-17H2,1-4H3/b13-8+,14-9+. The van der Waals surface area contributed by atoms with Crippen LogP contribution in [0.5, 0.6) is 17.2 Å². The second kappa shape index (κ2) is 15.4. The Bertz CT molecular complexity index is 1240. The maximum atomic E-state index is 12.2. The average molecular weight is 541 g/mol. The summed E-state index contributed by atoms with van der Waals surface area (Å²) in [6.07, 6.45) is 4.23. The predicted molar refractivity (Wildman–Crippen MR) is 138 cm³/mol. The van der Waals surface area contributed by atoms with E-state index >= 15 is 0 Å². The van der Waals surface area contributed by atoms with Crippen LogP contribution in [-0.4, -0.2) is 56.3 Å². The predicted octanol–water partition coefficient (Wildman–Crippen LogP) is 3.29. The van der Waals surface area contributed by atoms with Crippen LogP contribution in [0.4, 0.5) is 0 Å². The normalized spacial score (nSPS) is 11.5. The van der Waals surface area contributed by atoms with Crippen molar-refractivity contribution < 1.29 is 52.4 Å². The molecule has 0 aliphatic carbocycles. The van der Waals surface area contributed by atoms with Crippen molar-refractivity contribution in [2.45, 2.75) is 26.9 Å². The molecule has 11 nitrogen and oxygen atoms in total. The van der Waals surface area contributed by atoms with E-state index in [1.807, 2.05) is 0 Å². The minimum absolute atomic E-state index is 0.232. The highest BCUT2D eigenvalue weighted by atomic mass is 16.6. The van der Waals surface area contributed by atoms with Crippen LogP contribution in [-0.2, 0) is 38.2 Å². The van der Waals surface area contributed by atoms with E-state index in [0.717, 1.165) is 6.08 Å². The van der Waals surface area contributed by atoms with Gasteiger partial charge in [0.1, 0.15) is 19.0 Å². The van der Waals surface area contributed by atoms with Gasteiger partial charge in [-0.3, -0.25) is 14.4 Å². The molecule has 0 aliphatic heterocycles. The molecule has 1 unspecified atom stereocenters. The second-order valence-corrected chi connectivity index (χ2v) is 7.82. The topological polar surface area (TPSA) is 141 Å². The van der Waals surface area contributed by atoms with Crippen LogP contribution in [0.3, 0.4) is 0 Å². The van der Waals surface area contributed by atoms with E-state index in [0.29, 0.717) is 22.6 Å². The first kappa shape index (κ1) is 30.3. The summed E-state index contributed by atoms with van der Waals surface area (Å²) in [4.78, 5) is 57.8. The summed E-state index contributed by atoms with van der Waals surface area (Å²) in [7, 11) is 1.41. The molecule has 2 aromatic carbocycles. The molecule has 39 heavy (non-hydrogen) atoms. The van der Waals surface area contributed by atoms with Crippen LogP contribution >= 0.6 is 0 Å². The number of benzene rings is 2. The van der Waals surface area contributed by atoms with E-state index in [1.54, 1.807) is 36.4 Å². The quantitative estimate of drug-likeness (QED) is 0.169. The largest absolute Gasteiger partial charge is 0.493 e. The van der Waals surface area contributed by atoms with Gasteiger partial charge in [-0.2, -0.15) is 0 Å². The fourth-order valence-electron chi connectivity index (χ4n) is 2.97. The third-order valence-electron chi connectivity index (χ3n) is 4.56. The van der Waals surface area contributed by atoms with E-state index in [-0.39, 0.29) is 19.0 Å². The van der Waals surface area contributed by atoms with Gasteiger partial charge in [-0.05, 0) is 47.5 Å². The van der Waals surface area contributed by atoms with Gasteiger partial charge in [0.05, 0.1) is 7.11 Å². The molecule has 206 valence electrons. The van der Waals surface area contributed by atoms with Crippen molar-refractivity contribution in [3.63, 3.8) is 0 Å². The number of hydrogen-bond donors (Lipinski definition) is 0. The Balaban J connectivity index is 1.88. The number of esters is 5. The maximum Gasteiger partial charge on any atom is 0.330 e. The van der Waals surface area contributed by atoms with Gasteiger partial charge in [-0.1, -0.05) is 18.2 Å². The molecule has 0 bridgehead atoms. The van der Waals surface area contributed by atoms with Crippen LogP contribution in [0, 0.1) is 0 Å². The second-order valence-electron chi connectivity index (χ2n) is 7.82. The fraction of sp³-hybridized carbons (Fsp3) is 0.250. The zero-order valence-electron chi connectivity index (χ0n) is 21.8. The molecule has 1 atom stereocenters. The maximum absolute atomic E-state index is 12.2. The smallest absolute Gasteiger partial charge is 0.330 e. The number of hydrogen-bond acceptors (Lipinski definition) is 11. The Kier molecular flexibility index (Phi) is 11.9. The zero-order valence-corrected chi connectivity index (χ0v) is 21.8. The van der Waals surface area contributed by atoms with E-state index < -0.39 is 36.0 Å². The Morgan fingerprint density at radius 3 is 1.74 bits per heavy atom. The van der Waals surface area contributed by atoms with Crippen molar-refractivity contribution in [2.75, 3.05) is 20.3 Å². The monoisotopic (exact) mass is 540 g/mol. The van der Waals surface area contributed by atoms with Gasteiger partial charge in [0.15, 0.2) is 17.6 Å². The van der Waals surface area contributed by atoms with E-state index in [9.17, 15) is 24.0 Å². The van der Waals surface area contributed by atoms with Gasteiger partial charge < -0.3 is 28.4 Å². The first-order chi connectivity index (χ1) is 18.5. The highest BCUT2D eigenvalue weighted by molar-refractivity contribution is 5.88. The highest BCUT2D eigenvalue weighted by Gasteiger charge is 2.17. The molecular weight excluding hydrogens is 512 g/mol. The van der Waals surface area contributed by atoms with Crippen molar-refractivity contribution in [1.29, 1.82) is 0 Å². The summed E-state index contributed by atoms with van der Waals surface area (Å²) in [6.45, 7) is 3.02. The summed E-state index contributed by atoms with van der Waals surface area (Å²) >= 11 is 0. The molecule has 0 aromatic heterocycles. The van der Waals surface area contributed by atoms with Crippen LogP contribution in [0.2, 0.25) is 0 Å². The molecule has 0 fully saturated rings. The van der Waals surface area contributed by atoms with Crippen LogP contribution in [0.15, 0.2) is 54.6 Å². The molecular formula is C28H28O11. The Morgan fingerprint density at radius 1 is 0.692 bits per heavy atom. The highest BCUT2D eigenvalue weighted by Crippen LogP contribution is 2.28. The van der Waals surface area contributed by atoms with Gasteiger partial charge in [0.2, 0.25) is 0 Å². The minimum Gasteiger partial charge on any atom is -0.493 e. The van der Waals surface area contributed by atoms with Crippen molar-refractivity contribution in [3.05, 3.63) is 65.7 Å². The summed E-state index contributed by atoms with van der Waals surface area (Å²) in [6, 6.07) is 11.1. The first-order valence-electron chi connectivity index (χ1n) is 11.6. The number of ether oxygens (including phenoxy) is 6. The molecule has 2 aromatic rings.